The molecule has 114 valence electrons. The maximum Gasteiger partial charge on any atom is 0.147 e. The quantitative estimate of drug-likeness (QED) is 0.674. The van der Waals surface area contributed by atoms with Crippen LogP contribution >= 0.6 is 11.6 Å². The van der Waals surface area contributed by atoms with E-state index in [0.29, 0.717) is 11.6 Å². The summed E-state index contributed by atoms with van der Waals surface area (Å²) in [4.78, 5) is 6.65. The van der Waals surface area contributed by atoms with Gasteiger partial charge in [0.05, 0.1) is 11.6 Å². The van der Waals surface area contributed by atoms with Crippen molar-refractivity contribution in [2.75, 3.05) is 37.7 Å². The van der Waals surface area contributed by atoms with Crippen LogP contribution in [0.15, 0.2) is 12.3 Å². The van der Waals surface area contributed by atoms with Crippen molar-refractivity contribution in [3.63, 3.8) is 0 Å². The Morgan fingerprint density at radius 1 is 1.35 bits per heavy atom. The van der Waals surface area contributed by atoms with E-state index in [4.69, 9.17) is 16.3 Å². The van der Waals surface area contributed by atoms with E-state index in [2.05, 4.69) is 29.0 Å². The van der Waals surface area contributed by atoms with Crippen molar-refractivity contribution in [3.05, 3.63) is 22.8 Å². The van der Waals surface area contributed by atoms with Gasteiger partial charge >= 0.3 is 0 Å². The van der Waals surface area contributed by atoms with Crippen molar-refractivity contribution < 1.29 is 4.74 Å². The molecule has 5 heteroatoms. The summed E-state index contributed by atoms with van der Waals surface area (Å²) in [5, 5.41) is 4.06. The molecular weight excluding hydrogens is 274 g/mol. The van der Waals surface area contributed by atoms with Crippen LogP contribution in [0.3, 0.4) is 0 Å². The standard InChI is InChI=1S/C15H26ClN3O/c1-4-7-17-11-13-10-14(16)15(18-12-13)19(5-2)8-9-20-6-3/h10,12,17H,4-9,11H2,1-3H3. The maximum atomic E-state index is 6.36. The summed E-state index contributed by atoms with van der Waals surface area (Å²) < 4.78 is 5.39. The predicted molar refractivity (Wildman–Crippen MR) is 85.6 cm³/mol. The van der Waals surface area contributed by atoms with Crippen LogP contribution in [0.1, 0.15) is 32.8 Å². The lowest BCUT2D eigenvalue weighted by Crippen LogP contribution is -2.28. The van der Waals surface area contributed by atoms with Crippen LogP contribution in [0.25, 0.3) is 0 Å². The van der Waals surface area contributed by atoms with E-state index in [0.717, 1.165) is 50.6 Å². The molecule has 20 heavy (non-hydrogen) atoms. The Morgan fingerprint density at radius 2 is 2.15 bits per heavy atom. The molecule has 0 fully saturated rings. The fourth-order valence-electron chi connectivity index (χ4n) is 1.94. The minimum atomic E-state index is 0.697. The molecule has 0 aliphatic rings. The highest BCUT2D eigenvalue weighted by Crippen LogP contribution is 2.23. The van der Waals surface area contributed by atoms with Gasteiger partial charge in [-0.3, -0.25) is 0 Å². The van der Waals surface area contributed by atoms with E-state index in [9.17, 15) is 0 Å². The molecule has 0 bridgehead atoms. The maximum absolute atomic E-state index is 6.36. The monoisotopic (exact) mass is 299 g/mol. The zero-order valence-electron chi connectivity index (χ0n) is 12.8. The van der Waals surface area contributed by atoms with Crippen LogP contribution in [0.2, 0.25) is 5.02 Å². The van der Waals surface area contributed by atoms with Crippen LogP contribution in [0, 0.1) is 0 Å². The van der Waals surface area contributed by atoms with E-state index in [-0.39, 0.29) is 0 Å². The lowest BCUT2D eigenvalue weighted by atomic mass is 10.2. The van der Waals surface area contributed by atoms with Gasteiger partial charge in [0.1, 0.15) is 5.82 Å². The minimum absolute atomic E-state index is 0.697. The average molecular weight is 300 g/mol. The van der Waals surface area contributed by atoms with E-state index < -0.39 is 0 Å². The Bertz CT molecular complexity index is 387. The van der Waals surface area contributed by atoms with Gasteiger partial charge in [0.2, 0.25) is 0 Å². The molecule has 0 aromatic carbocycles. The summed E-state index contributed by atoms with van der Waals surface area (Å²) in [6.07, 6.45) is 3.02. The summed E-state index contributed by atoms with van der Waals surface area (Å²) >= 11 is 6.36. The summed E-state index contributed by atoms with van der Waals surface area (Å²) in [7, 11) is 0. The van der Waals surface area contributed by atoms with Gasteiger partial charge in [-0.05, 0) is 38.4 Å². The molecule has 1 aromatic heterocycles. The number of hydrogen-bond acceptors (Lipinski definition) is 4. The highest BCUT2D eigenvalue weighted by atomic mass is 35.5. The second-order valence-corrected chi connectivity index (χ2v) is 5.01. The molecule has 0 radical (unpaired) electrons. The Morgan fingerprint density at radius 3 is 2.75 bits per heavy atom. The van der Waals surface area contributed by atoms with Crippen molar-refractivity contribution in [1.29, 1.82) is 0 Å². The Balaban J connectivity index is 2.64. The molecule has 1 N–H and O–H groups in total. The molecule has 0 amide bonds. The molecule has 1 rings (SSSR count). The molecule has 0 aliphatic carbocycles. The second kappa shape index (κ2) is 9.97. The number of nitrogens with one attached hydrogen (secondary N) is 1. The Hall–Kier alpha value is -0.840. The van der Waals surface area contributed by atoms with E-state index in [1.165, 1.54) is 0 Å². The number of likely N-dealkylation sites (N-methyl/N-ethyl adjacent to an activating group) is 1. The summed E-state index contributed by atoms with van der Waals surface area (Å²) in [5.41, 5.74) is 1.12. The molecule has 0 saturated heterocycles. The topological polar surface area (TPSA) is 37.4 Å². The fraction of sp³-hybridized carbons (Fsp3) is 0.667. The third-order valence-electron chi connectivity index (χ3n) is 3.03. The third kappa shape index (κ3) is 5.65. The Kier molecular flexibility index (Phi) is 8.58. The number of nitrogens with zero attached hydrogens (tertiary/aromatic N) is 2. The van der Waals surface area contributed by atoms with Crippen molar-refractivity contribution >= 4 is 17.4 Å². The minimum Gasteiger partial charge on any atom is -0.380 e. The van der Waals surface area contributed by atoms with Crippen molar-refractivity contribution in [2.45, 2.75) is 33.7 Å². The number of hydrogen-bond donors (Lipinski definition) is 1. The van der Waals surface area contributed by atoms with Crippen LogP contribution < -0.4 is 10.2 Å². The van der Waals surface area contributed by atoms with Crippen LogP contribution in [-0.4, -0.2) is 37.8 Å². The van der Waals surface area contributed by atoms with Crippen molar-refractivity contribution in [3.8, 4) is 0 Å². The van der Waals surface area contributed by atoms with Crippen molar-refractivity contribution in [2.24, 2.45) is 0 Å². The molecule has 0 atom stereocenters. The zero-order chi connectivity index (χ0) is 14.8. The molecule has 0 saturated carbocycles. The lowest BCUT2D eigenvalue weighted by Gasteiger charge is -2.23. The predicted octanol–water partition coefficient (Wildman–Crippen LogP) is 3.10. The number of ether oxygens (including phenoxy) is 1. The first kappa shape index (κ1) is 17.2. The highest BCUT2D eigenvalue weighted by molar-refractivity contribution is 6.33. The van der Waals surface area contributed by atoms with Gasteiger partial charge in [0.15, 0.2) is 0 Å². The lowest BCUT2D eigenvalue weighted by molar-refractivity contribution is 0.154. The molecular formula is C15H26ClN3O. The van der Waals surface area contributed by atoms with Crippen LogP contribution in [-0.2, 0) is 11.3 Å². The largest absolute Gasteiger partial charge is 0.380 e. The molecule has 4 nitrogen and oxygen atoms in total. The van der Waals surface area contributed by atoms with Gasteiger partial charge in [0.25, 0.3) is 0 Å². The molecule has 1 aromatic rings. The summed E-state index contributed by atoms with van der Waals surface area (Å²) in [6.45, 7) is 11.2. The van der Waals surface area contributed by atoms with Gasteiger partial charge < -0.3 is 15.0 Å². The van der Waals surface area contributed by atoms with Gasteiger partial charge in [-0.2, -0.15) is 0 Å². The number of anilines is 1. The van der Waals surface area contributed by atoms with Gasteiger partial charge in [-0.25, -0.2) is 4.98 Å². The van der Waals surface area contributed by atoms with Gasteiger partial charge in [0, 0.05) is 32.4 Å². The highest BCUT2D eigenvalue weighted by Gasteiger charge is 2.11. The number of aromatic nitrogens is 1. The number of rotatable bonds is 10. The first-order valence-electron chi connectivity index (χ1n) is 7.40. The first-order valence-corrected chi connectivity index (χ1v) is 7.78. The van der Waals surface area contributed by atoms with Crippen molar-refractivity contribution in [1.82, 2.24) is 10.3 Å². The number of pyridine rings is 1. The van der Waals surface area contributed by atoms with Crippen LogP contribution in [0.4, 0.5) is 5.82 Å². The first-order chi connectivity index (χ1) is 9.72. The summed E-state index contributed by atoms with van der Waals surface area (Å²) in [6, 6.07) is 2.00. The normalized spacial score (nSPS) is 10.8. The summed E-state index contributed by atoms with van der Waals surface area (Å²) in [5.74, 6) is 0.841. The molecule has 0 spiro atoms. The second-order valence-electron chi connectivity index (χ2n) is 4.60. The molecule has 0 unspecified atom stereocenters. The number of halogens is 1. The molecule has 1 heterocycles. The van der Waals surface area contributed by atoms with Gasteiger partial charge in [-0.15, -0.1) is 0 Å². The van der Waals surface area contributed by atoms with Gasteiger partial charge in [-0.1, -0.05) is 18.5 Å². The average Bonchev–Trinajstić information content (AvgIpc) is 2.45. The van der Waals surface area contributed by atoms with E-state index in [1.54, 1.807) is 0 Å². The fourth-order valence-corrected chi connectivity index (χ4v) is 2.25. The SMILES string of the molecule is CCCNCc1cnc(N(CC)CCOCC)c(Cl)c1. The molecule has 0 aliphatic heterocycles. The van der Waals surface area contributed by atoms with Crippen LogP contribution in [0.5, 0.6) is 0 Å². The van der Waals surface area contributed by atoms with E-state index in [1.807, 2.05) is 19.2 Å². The zero-order valence-corrected chi connectivity index (χ0v) is 13.5. The van der Waals surface area contributed by atoms with E-state index >= 15 is 0 Å². The third-order valence-corrected chi connectivity index (χ3v) is 3.30. The smallest absolute Gasteiger partial charge is 0.147 e. The Labute approximate surface area is 127 Å².